The van der Waals surface area contributed by atoms with E-state index in [4.69, 9.17) is 0 Å². The number of allylic oxidation sites excluding steroid dienone is 2. The normalized spacial score (nSPS) is 10.8. The lowest BCUT2D eigenvalue weighted by molar-refractivity contribution is 0.468. The molecule has 12 heavy (non-hydrogen) atoms. The molecule has 1 nitrogen and oxygen atoms in total. The summed E-state index contributed by atoms with van der Waals surface area (Å²) in [5.74, 6) is 0.384. The van der Waals surface area contributed by atoms with E-state index in [1.165, 1.54) is 0 Å². The summed E-state index contributed by atoms with van der Waals surface area (Å²) in [6, 6.07) is 7.41. The summed E-state index contributed by atoms with van der Waals surface area (Å²) in [5, 5.41) is 9.37. The van der Waals surface area contributed by atoms with Gasteiger partial charge in [-0.15, -0.1) is 0 Å². The maximum absolute atomic E-state index is 9.37. The van der Waals surface area contributed by atoms with Gasteiger partial charge in [0, 0.05) is 0 Å². The van der Waals surface area contributed by atoms with E-state index in [9.17, 15) is 5.11 Å². The molecule has 63 valence electrons. The molecular weight excluding hydrogens is 148 g/mol. The Balaban J connectivity index is 2.57. The van der Waals surface area contributed by atoms with Crippen molar-refractivity contribution in [1.29, 1.82) is 0 Å². The lowest BCUT2D eigenvalue weighted by Gasteiger charge is -2.00. The van der Waals surface area contributed by atoms with Crippen molar-refractivity contribution in [3.05, 3.63) is 48.9 Å². The van der Waals surface area contributed by atoms with E-state index in [1.807, 2.05) is 24.3 Å². The third kappa shape index (κ3) is 2.42. The summed E-state index contributed by atoms with van der Waals surface area (Å²) in [6.45, 7) is 3.60. The Morgan fingerprint density at radius 3 is 2.75 bits per heavy atom. The van der Waals surface area contributed by atoms with Gasteiger partial charge in [0.25, 0.3) is 0 Å². The van der Waals surface area contributed by atoms with E-state index in [-0.39, 0.29) is 0 Å². The number of benzene rings is 1. The molecule has 0 aliphatic rings. The minimum atomic E-state index is 0.384. The molecule has 0 unspecified atom stereocenters. The van der Waals surface area contributed by atoms with Crippen molar-refractivity contribution in [1.82, 2.24) is 0 Å². The van der Waals surface area contributed by atoms with Crippen molar-refractivity contribution < 1.29 is 5.11 Å². The summed E-state index contributed by atoms with van der Waals surface area (Å²) in [7, 11) is 0. The Bertz CT molecular complexity index is 263. The van der Waals surface area contributed by atoms with Crippen molar-refractivity contribution in [3.8, 4) is 5.75 Å². The van der Waals surface area contributed by atoms with Gasteiger partial charge < -0.3 is 5.11 Å². The van der Waals surface area contributed by atoms with Crippen molar-refractivity contribution >= 4 is 0 Å². The quantitative estimate of drug-likeness (QED) is 0.722. The van der Waals surface area contributed by atoms with Gasteiger partial charge >= 0.3 is 0 Å². The SMILES string of the molecule is [CH2]/C=C/CCc1ccccc1O. The van der Waals surface area contributed by atoms with Crippen LogP contribution in [0, 0.1) is 6.92 Å². The van der Waals surface area contributed by atoms with Crippen LogP contribution in [0.3, 0.4) is 0 Å². The minimum Gasteiger partial charge on any atom is -0.508 e. The maximum atomic E-state index is 9.37. The Labute approximate surface area is 73.4 Å². The average molecular weight is 161 g/mol. The number of para-hydroxylation sites is 1. The van der Waals surface area contributed by atoms with Crippen LogP contribution < -0.4 is 0 Å². The second-order valence-electron chi connectivity index (χ2n) is 2.64. The second kappa shape index (κ2) is 4.60. The Morgan fingerprint density at radius 2 is 2.08 bits per heavy atom. The zero-order valence-corrected chi connectivity index (χ0v) is 7.03. The molecule has 1 rings (SSSR count). The maximum Gasteiger partial charge on any atom is 0.118 e. The number of phenols is 1. The van der Waals surface area contributed by atoms with E-state index in [1.54, 1.807) is 12.1 Å². The first-order chi connectivity index (χ1) is 5.84. The molecule has 1 aromatic rings. The molecule has 0 aliphatic heterocycles. The molecule has 0 aromatic heterocycles. The molecule has 1 aromatic carbocycles. The number of hydrogen-bond donors (Lipinski definition) is 1. The largest absolute Gasteiger partial charge is 0.508 e. The highest BCUT2D eigenvalue weighted by Crippen LogP contribution is 2.17. The fourth-order valence-corrected chi connectivity index (χ4v) is 1.08. The summed E-state index contributed by atoms with van der Waals surface area (Å²) in [5.41, 5.74) is 0.996. The summed E-state index contributed by atoms with van der Waals surface area (Å²) >= 11 is 0. The molecule has 0 spiro atoms. The molecule has 1 heteroatoms. The minimum absolute atomic E-state index is 0.384. The molecule has 0 heterocycles. The van der Waals surface area contributed by atoms with Crippen molar-refractivity contribution in [3.63, 3.8) is 0 Å². The highest BCUT2D eigenvalue weighted by molar-refractivity contribution is 5.31. The highest BCUT2D eigenvalue weighted by atomic mass is 16.3. The first-order valence-corrected chi connectivity index (χ1v) is 4.05. The zero-order valence-electron chi connectivity index (χ0n) is 7.03. The Kier molecular flexibility index (Phi) is 3.39. The van der Waals surface area contributed by atoms with Gasteiger partial charge in [0.2, 0.25) is 0 Å². The third-order valence-electron chi connectivity index (χ3n) is 1.74. The van der Waals surface area contributed by atoms with Gasteiger partial charge in [-0.05, 0) is 31.4 Å². The lowest BCUT2D eigenvalue weighted by Crippen LogP contribution is -1.83. The average Bonchev–Trinajstić information content (AvgIpc) is 2.09. The zero-order chi connectivity index (χ0) is 8.81. The molecule has 0 bridgehead atoms. The van der Waals surface area contributed by atoms with E-state index in [0.717, 1.165) is 18.4 Å². The number of hydrogen-bond acceptors (Lipinski definition) is 1. The lowest BCUT2D eigenvalue weighted by atomic mass is 10.1. The van der Waals surface area contributed by atoms with Crippen molar-refractivity contribution in [2.45, 2.75) is 12.8 Å². The topological polar surface area (TPSA) is 20.2 Å². The second-order valence-corrected chi connectivity index (χ2v) is 2.64. The van der Waals surface area contributed by atoms with E-state index in [0.29, 0.717) is 5.75 Å². The van der Waals surface area contributed by atoms with Crippen molar-refractivity contribution in [2.75, 3.05) is 0 Å². The first-order valence-electron chi connectivity index (χ1n) is 4.05. The summed E-state index contributed by atoms with van der Waals surface area (Å²) in [6.07, 6.45) is 5.58. The van der Waals surface area contributed by atoms with Crippen LogP contribution in [0.25, 0.3) is 0 Å². The highest BCUT2D eigenvalue weighted by Gasteiger charge is 1.96. The number of aryl methyl sites for hydroxylation is 1. The fourth-order valence-electron chi connectivity index (χ4n) is 1.08. The van der Waals surface area contributed by atoms with Crippen LogP contribution in [0.1, 0.15) is 12.0 Å². The van der Waals surface area contributed by atoms with Crippen LogP contribution >= 0.6 is 0 Å². The molecule has 0 amide bonds. The Morgan fingerprint density at radius 1 is 1.33 bits per heavy atom. The third-order valence-corrected chi connectivity index (χ3v) is 1.74. The van der Waals surface area contributed by atoms with Gasteiger partial charge in [-0.2, -0.15) is 0 Å². The van der Waals surface area contributed by atoms with Gasteiger partial charge in [0.1, 0.15) is 5.75 Å². The molecule has 0 saturated heterocycles. The van der Waals surface area contributed by atoms with Crippen LogP contribution in [0.5, 0.6) is 5.75 Å². The predicted octanol–water partition coefficient (Wildman–Crippen LogP) is 2.72. The molecule has 0 saturated carbocycles. The van der Waals surface area contributed by atoms with Crippen LogP contribution in [0.2, 0.25) is 0 Å². The summed E-state index contributed by atoms with van der Waals surface area (Å²) < 4.78 is 0. The van der Waals surface area contributed by atoms with Gasteiger partial charge in [-0.3, -0.25) is 0 Å². The monoisotopic (exact) mass is 161 g/mol. The van der Waals surface area contributed by atoms with Crippen LogP contribution in [-0.4, -0.2) is 5.11 Å². The molecule has 0 atom stereocenters. The standard InChI is InChI=1S/C11H13O/c1-2-3-4-7-10-8-5-6-9-11(10)12/h2-3,5-6,8-9,12H,1,4,7H2/b3-2+. The number of rotatable bonds is 3. The Hall–Kier alpha value is -1.24. The van der Waals surface area contributed by atoms with Crippen LogP contribution in [-0.2, 0) is 6.42 Å². The van der Waals surface area contributed by atoms with Crippen LogP contribution in [0.15, 0.2) is 36.4 Å². The molecular formula is C11H13O. The number of phenolic OH excluding ortho intramolecular Hbond substituents is 1. The molecule has 0 fully saturated rings. The first kappa shape index (κ1) is 8.85. The van der Waals surface area contributed by atoms with Gasteiger partial charge in [0.05, 0.1) is 0 Å². The van der Waals surface area contributed by atoms with Crippen LogP contribution in [0.4, 0.5) is 0 Å². The molecule has 1 N–H and O–H groups in total. The fraction of sp³-hybridized carbons (Fsp3) is 0.182. The van der Waals surface area contributed by atoms with Gasteiger partial charge in [0.15, 0.2) is 0 Å². The predicted molar refractivity (Wildman–Crippen MR) is 50.9 cm³/mol. The summed E-state index contributed by atoms with van der Waals surface area (Å²) in [4.78, 5) is 0. The molecule has 0 aliphatic carbocycles. The van der Waals surface area contributed by atoms with E-state index >= 15 is 0 Å². The van der Waals surface area contributed by atoms with Gasteiger partial charge in [-0.1, -0.05) is 30.4 Å². The smallest absolute Gasteiger partial charge is 0.118 e. The van der Waals surface area contributed by atoms with E-state index < -0.39 is 0 Å². The van der Waals surface area contributed by atoms with Crippen molar-refractivity contribution in [2.24, 2.45) is 0 Å². The molecule has 1 radical (unpaired) electrons. The number of aromatic hydroxyl groups is 1. The van der Waals surface area contributed by atoms with E-state index in [2.05, 4.69) is 6.92 Å². The van der Waals surface area contributed by atoms with Gasteiger partial charge in [-0.25, -0.2) is 0 Å².